The number of hydrogen-bond acceptors (Lipinski definition) is 3. The van der Waals surface area contributed by atoms with E-state index in [4.69, 9.17) is 4.74 Å². The smallest absolute Gasteiger partial charge is 0.239 e. The summed E-state index contributed by atoms with van der Waals surface area (Å²) < 4.78 is 5.77. The Balaban J connectivity index is 1.64. The maximum absolute atomic E-state index is 13.1. The van der Waals surface area contributed by atoms with Crippen LogP contribution in [0.1, 0.15) is 46.5 Å². The number of carbonyl (C=O) groups excluding carboxylic acids is 2. The predicted octanol–water partition coefficient (Wildman–Crippen LogP) is 5.23. The summed E-state index contributed by atoms with van der Waals surface area (Å²) in [6.07, 6.45) is 4.09. The summed E-state index contributed by atoms with van der Waals surface area (Å²) in [6.45, 7) is 6.25. The number of carbonyl (C=O) groups is 2. The van der Waals surface area contributed by atoms with Gasteiger partial charge >= 0.3 is 0 Å². The standard InChI is InChI=1S/C24H30N2O3/c1-4-19-10-8-9-17-26(19)23(28)24(2,3)22(27)25-18-13-15-21(16-14-18)29-20-11-6-5-7-12-20/h5-7,11-16,19H,4,8-10,17H2,1-3H3,(H,25,27). The minimum absolute atomic E-state index is 0.0921. The van der Waals surface area contributed by atoms with Crippen molar-refractivity contribution < 1.29 is 14.3 Å². The van der Waals surface area contributed by atoms with Gasteiger partial charge in [-0.1, -0.05) is 25.1 Å². The Morgan fingerprint density at radius 3 is 2.34 bits per heavy atom. The molecule has 1 unspecified atom stereocenters. The molecule has 0 bridgehead atoms. The monoisotopic (exact) mass is 394 g/mol. The molecule has 1 heterocycles. The second-order valence-corrected chi connectivity index (χ2v) is 8.08. The molecule has 5 heteroatoms. The molecule has 1 saturated heterocycles. The predicted molar refractivity (Wildman–Crippen MR) is 115 cm³/mol. The van der Waals surface area contributed by atoms with Crippen molar-refractivity contribution in [2.75, 3.05) is 11.9 Å². The van der Waals surface area contributed by atoms with Gasteiger partial charge in [-0.3, -0.25) is 9.59 Å². The van der Waals surface area contributed by atoms with E-state index >= 15 is 0 Å². The third kappa shape index (κ3) is 4.97. The topological polar surface area (TPSA) is 58.6 Å². The molecule has 2 amide bonds. The second kappa shape index (κ2) is 9.12. The highest BCUT2D eigenvalue weighted by atomic mass is 16.5. The van der Waals surface area contributed by atoms with Crippen LogP contribution >= 0.6 is 0 Å². The minimum Gasteiger partial charge on any atom is -0.457 e. The number of likely N-dealkylation sites (tertiary alicyclic amines) is 1. The molecule has 0 aliphatic carbocycles. The summed E-state index contributed by atoms with van der Waals surface area (Å²) >= 11 is 0. The first kappa shape index (κ1) is 20.9. The Morgan fingerprint density at radius 2 is 1.69 bits per heavy atom. The van der Waals surface area contributed by atoms with Crippen molar-refractivity contribution in [3.8, 4) is 11.5 Å². The minimum atomic E-state index is -1.12. The number of hydrogen-bond donors (Lipinski definition) is 1. The number of nitrogens with one attached hydrogen (secondary N) is 1. The van der Waals surface area contributed by atoms with Gasteiger partial charge in [0, 0.05) is 18.3 Å². The lowest BCUT2D eigenvalue weighted by molar-refractivity contribution is -0.149. The zero-order valence-corrected chi connectivity index (χ0v) is 17.5. The Labute approximate surface area is 173 Å². The molecule has 1 aliphatic rings. The van der Waals surface area contributed by atoms with Gasteiger partial charge in [0.2, 0.25) is 11.8 Å². The van der Waals surface area contributed by atoms with Crippen LogP contribution in [0.25, 0.3) is 0 Å². The number of piperidine rings is 1. The molecule has 2 aromatic rings. The Kier molecular flexibility index (Phi) is 6.57. The van der Waals surface area contributed by atoms with Gasteiger partial charge in [0.1, 0.15) is 16.9 Å². The van der Waals surface area contributed by atoms with E-state index in [9.17, 15) is 9.59 Å². The third-order valence-electron chi connectivity index (χ3n) is 5.55. The van der Waals surface area contributed by atoms with E-state index in [0.717, 1.165) is 38.0 Å². The van der Waals surface area contributed by atoms with Crippen molar-refractivity contribution in [2.45, 2.75) is 52.5 Å². The first-order chi connectivity index (χ1) is 13.9. The van der Waals surface area contributed by atoms with E-state index in [1.54, 1.807) is 38.1 Å². The normalized spacial score (nSPS) is 16.9. The molecule has 2 aromatic carbocycles. The van der Waals surface area contributed by atoms with E-state index in [-0.39, 0.29) is 17.9 Å². The molecule has 154 valence electrons. The molecule has 1 atom stereocenters. The maximum Gasteiger partial charge on any atom is 0.239 e. The third-order valence-corrected chi connectivity index (χ3v) is 5.55. The van der Waals surface area contributed by atoms with Crippen LogP contribution in [0.4, 0.5) is 5.69 Å². The zero-order valence-electron chi connectivity index (χ0n) is 17.5. The van der Waals surface area contributed by atoms with Crippen molar-refractivity contribution in [1.82, 2.24) is 4.90 Å². The van der Waals surface area contributed by atoms with Crippen molar-refractivity contribution >= 4 is 17.5 Å². The Bertz CT molecular complexity index is 831. The number of para-hydroxylation sites is 1. The molecule has 0 aromatic heterocycles. The highest BCUT2D eigenvalue weighted by Crippen LogP contribution is 2.29. The first-order valence-corrected chi connectivity index (χ1v) is 10.4. The number of rotatable bonds is 6. The number of benzene rings is 2. The van der Waals surface area contributed by atoms with Crippen molar-refractivity contribution in [1.29, 1.82) is 0 Å². The average molecular weight is 395 g/mol. The molecule has 1 fully saturated rings. The second-order valence-electron chi connectivity index (χ2n) is 8.08. The van der Waals surface area contributed by atoms with Crippen molar-refractivity contribution in [3.05, 3.63) is 54.6 Å². The van der Waals surface area contributed by atoms with Gasteiger partial charge in [0.15, 0.2) is 0 Å². The molecule has 0 spiro atoms. The fraction of sp³-hybridized carbons (Fsp3) is 0.417. The number of amides is 2. The van der Waals surface area contributed by atoms with Crippen molar-refractivity contribution in [2.24, 2.45) is 5.41 Å². The summed E-state index contributed by atoms with van der Waals surface area (Å²) in [7, 11) is 0. The molecule has 29 heavy (non-hydrogen) atoms. The fourth-order valence-corrected chi connectivity index (χ4v) is 3.67. The van der Waals surface area contributed by atoms with Gasteiger partial charge in [0.25, 0.3) is 0 Å². The lowest BCUT2D eigenvalue weighted by Crippen LogP contribution is -2.52. The quantitative estimate of drug-likeness (QED) is 0.682. The summed E-state index contributed by atoms with van der Waals surface area (Å²) in [5, 5.41) is 2.88. The van der Waals surface area contributed by atoms with Crippen LogP contribution < -0.4 is 10.1 Å². The van der Waals surface area contributed by atoms with Gasteiger partial charge in [-0.15, -0.1) is 0 Å². The van der Waals surface area contributed by atoms with E-state index in [1.165, 1.54) is 0 Å². The molecular weight excluding hydrogens is 364 g/mol. The van der Waals surface area contributed by atoms with E-state index < -0.39 is 5.41 Å². The Hall–Kier alpha value is -2.82. The van der Waals surface area contributed by atoms with E-state index in [2.05, 4.69) is 12.2 Å². The molecular formula is C24H30N2O3. The molecule has 0 saturated carbocycles. The summed E-state index contributed by atoms with van der Waals surface area (Å²) in [5.41, 5.74) is -0.480. The molecule has 3 rings (SSSR count). The molecule has 1 N–H and O–H groups in total. The van der Waals surface area contributed by atoms with Crippen LogP contribution in [0.5, 0.6) is 11.5 Å². The first-order valence-electron chi connectivity index (χ1n) is 10.4. The number of ether oxygens (including phenoxy) is 1. The van der Waals surface area contributed by atoms with Crippen LogP contribution in [-0.4, -0.2) is 29.3 Å². The van der Waals surface area contributed by atoms with Crippen LogP contribution in [-0.2, 0) is 9.59 Å². The SMILES string of the molecule is CCC1CCCCN1C(=O)C(C)(C)C(=O)Nc1ccc(Oc2ccccc2)cc1. The molecule has 1 aliphatic heterocycles. The van der Waals surface area contributed by atoms with E-state index in [1.807, 2.05) is 35.2 Å². The van der Waals surface area contributed by atoms with Crippen LogP contribution in [0, 0.1) is 5.41 Å². The van der Waals surface area contributed by atoms with Gasteiger partial charge < -0.3 is 15.0 Å². The van der Waals surface area contributed by atoms with Gasteiger partial charge in [-0.25, -0.2) is 0 Å². The lowest BCUT2D eigenvalue weighted by Gasteiger charge is -2.39. The number of nitrogens with zero attached hydrogens (tertiary/aromatic N) is 1. The molecule has 0 radical (unpaired) electrons. The fourth-order valence-electron chi connectivity index (χ4n) is 3.67. The lowest BCUT2D eigenvalue weighted by atomic mass is 9.87. The highest BCUT2D eigenvalue weighted by molar-refractivity contribution is 6.09. The zero-order chi connectivity index (χ0) is 20.9. The summed E-state index contributed by atoms with van der Waals surface area (Å²) in [6, 6.07) is 16.9. The largest absolute Gasteiger partial charge is 0.457 e. The highest BCUT2D eigenvalue weighted by Gasteiger charge is 2.41. The van der Waals surface area contributed by atoms with E-state index in [0.29, 0.717) is 11.4 Å². The van der Waals surface area contributed by atoms with Crippen molar-refractivity contribution in [3.63, 3.8) is 0 Å². The average Bonchev–Trinajstić information content (AvgIpc) is 2.75. The Morgan fingerprint density at radius 1 is 1.03 bits per heavy atom. The van der Waals surface area contributed by atoms with Gasteiger partial charge in [0.05, 0.1) is 0 Å². The van der Waals surface area contributed by atoms with Gasteiger partial charge in [-0.2, -0.15) is 0 Å². The summed E-state index contributed by atoms with van der Waals surface area (Å²) in [4.78, 5) is 27.9. The molecule has 5 nitrogen and oxygen atoms in total. The summed E-state index contributed by atoms with van der Waals surface area (Å²) in [5.74, 6) is 1.05. The van der Waals surface area contributed by atoms with Gasteiger partial charge in [-0.05, 0) is 75.9 Å². The van der Waals surface area contributed by atoms with Crippen LogP contribution in [0.2, 0.25) is 0 Å². The van der Waals surface area contributed by atoms with Crippen LogP contribution in [0.3, 0.4) is 0 Å². The maximum atomic E-state index is 13.1. The number of anilines is 1. The van der Waals surface area contributed by atoms with Crippen LogP contribution in [0.15, 0.2) is 54.6 Å².